The average molecular weight is 179 g/mol. The SMILES string of the molecule is NCCc1cc(=O)[nH]c(C2CC2)n1. The van der Waals surface area contributed by atoms with Crippen LogP contribution in [0.2, 0.25) is 0 Å². The summed E-state index contributed by atoms with van der Waals surface area (Å²) in [6.45, 7) is 0.542. The Morgan fingerprint density at radius 1 is 1.62 bits per heavy atom. The largest absolute Gasteiger partial charge is 0.330 e. The van der Waals surface area contributed by atoms with Crippen molar-refractivity contribution in [2.45, 2.75) is 25.2 Å². The van der Waals surface area contributed by atoms with Crippen molar-refractivity contribution in [1.29, 1.82) is 0 Å². The number of nitrogens with two attached hydrogens (primary N) is 1. The second-order valence-electron chi connectivity index (χ2n) is 3.43. The van der Waals surface area contributed by atoms with E-state index in [1.165, 1.54) is 6.07 Å². The number of aromatic amines is 1. The van der Waals surface area contributed by atoms with E-state index < -0.39 is 0 Å². The number of hydrogen-bond donors (Lipinski definition) is 2. The van der Waals surface area contributed by atoms with Crippen molar-refractivity contribution in [3.05, 3.63) is 27.9 Å². The van der Waals surface area contributed by atoms with Gasteiger partial charge in [-0.05, 0) is 19.4 Å². The molecule has 0 amide bonds. The van der Waals surface area contributed by atoms with Gasteiger partial charge in [0.1, 0.15) is 5.82 Å². The maximum Gasteiger partial charge on any atom is 0.251 e. The summed E-state index contributed by atoms with van der Waals surface area (Å²) in [4.78, 5) is 18.3. The molecule has 70 valence electrons. The first-order valence-electron chi connectivity index (χ1n) is 4.60. The lowest BCUT2D eigenvalue weighted by atomic mass is 10.3. The van der Waals surface area contributed by atoms with Crippen LogP contribution >= 0.6 is 0 Å². The number of hydrogen-bond acceptors (Lipinski definition) is 3. The maximum atomic E-state index is 11.2. The van der Waals surface area contributed by atoms with Crippen LogP contribution in [0.5, 0.6) is 0 Å². The Hall–Kier alpha value is -1.16. The minimum absolute atomic E-state index is 0.0552. The molecule has 1 fully saturated rings. The van der Waals surface area contributed by atoms with Crippen LogP contribution in [-0.2, 0) is 6.42 Å². The fourth-order valence-corrected chi connectivity index (χ4v) is 1.35. The molecule has 4 nitrogen and oxygen atoms in total. The van der Waals surface area contributed by atoms with Crippen LogP contribution in [0.15, 0.2) is 10.9 Å². The molecular weight excluding hydrogens is 166 g/mol. The molecular formula is C9H13N3O. The van der Waals surface area contributed by atoms with Crippen molar-refractivity contribution < 1.29 is 0 Å². The van der Waals surface area contributed by atoms with E-state index in [1.807, 2.05) is 0 Å². The van der Waals surface area contributed by atoms with E-state index in [1.54, 1.807) is 0 Å². The van der Waals surface area contributed by atoms with Gasteiger partial charge in [0, 0.05) is 24.1 Å². The molecule has 1 aliphatic rings. The molecule has 0 aromatic carbocycles. The van der Waals surface area contributed by atoms with Crippen LogP contribution in [0.3, 0.4) is 0 Å². The highest BCUT2D eigenvalue weighted by Gasteiger charge is 2.26. The van der Waals surface area contributed by atoms with Gasteiger partial charge in [0.25, 0.3) is 5.56 Å². The van der Waals surface area contributed by atoms with Crippen molar-refractivity contribution in [2.24, 2.45) is 5.73 Å². The lowest BCUT2D eigenvalue weighted by molar-refractivity contribution is 0.837. The highest BCUT2D eigenvalue weighted by atomic mass is 16.1. The summed E-state index contributed by atoms with van der Waals surface area (Å²) >= 11 is 0. The zero-order valence-corrected chi connectivity index (χ0v) is 7.42. The first-order valence-corrected chi connectivity index (χ1v) is 4.60. The molecule has 1 heterocycles. The summed E-state index contributed by atoms with van der Waals surface area (Å²) in [6.07, 6.45) is 2.98. The molecule has 0 aliphatic heterocycles. The van der Waals surface area contributed by atoms with Gasteiger partial charge in [0.2, 0.25) is 0 Å². The topological polar surface area (TPSA) is 71.8 Å². The Labute approximate surface area is 76.2 Å². The first kappa shape index (κ1) is 8.44. The van der Waals surface area contributed by atoms with Gasteiger partial charge in [-0.3, -0.25) is 4.79 Å². The van der Waals surface area contributed by atoms with Gasteiger partial charge in [0.05, 0.1) is 0 Å². The lowest BCUT2D eigenvalue weighted by Crippen LogP contribution is -2.14. The summed E-state index contributed by atoms with van der Waals surface area (Å²) in [5.74, 6) is 1.33. The van der Waals surface area contributed by atoms with E-state index in [4.69, 9.17) is 5.73 Å². The standard InChI is InChI=1S/C9H13N3O/c10-4-3-7-5-8(13)12-9(11-7)6-1-2-6/h5-6H,1-4,10H2,(H,11,12,13). The monoisotopic (exact) mass is 179 g/mol. The van der Waals surface area contributed by atoms with Gasteiger partial charge >= 0.3 is 0 Å². The maximum absolute atomic E-state index is 11.2. The van der Waals surface area contributed by atoms with E-state index in [9.17, 15) is 4.79 Å². The summed E-state index contributed by atoms with van der Waals surface area (Å²) in [5.41, 5.74) is 6.16. The molecule has 1 aliphatic carbocycles. The zero-order chi connectivity index (χ0) is 9.26. The second kappa shape index (κ2) is 3.30. The molecule has 0 spiro atoms. The molecule has 13 heavy (non-hydrogen) atoms. The third-order valence-electron chi connectivity index (χ3n) is 2.18. The van der Waals surface area contributed by atoms with Gasteiger partial charge in [-0.2, -0.15) is 0 Å². The molecule has 0 radical (unpaired) electrons. The molecule has 0 saturated heterocycles. The van der Waals surface area contributed by atoms with Crippen molar-refractivity contribution in [1.82, 2.24) is 9.97 Å². The Bertz CT molecular complexity index is 354. The van der Waals surface area contributed by atoms with E-state index in [2.05, 4.69) is 9.97 Å². The van der Waals surface area contributed by atoms with Crippen LogP contribution in [0.4, 0.5) is 0 Å². The van der Waals surface area contributed by atoms with Crippen LogP contribution in [0, 0.1) is 0 Å². The van der Waals surface area contributed by atoms with Crippen LogP contribution < -0.4 is 11.3 Å². The van der Waals surface area contributed by atoms with E-state index >= 15 is 0 Å². The molecule has 0 atom stereocenters. The van der Waals surface area contributed by atoms with Gasteiger partial charge in [-0.1, -0.05) is 0 Å². The minimum Gasteiger partial charge on any atom is -0.330 e. The Morgan fingerprint density at radius 2 is 2.38 bits per heavy atom. The zero-order valence-electron chi connectivity index (χ0n) is 7.42. The van der Waals surface area contributed by atoms with Crippen LogP contribution in [-0.4, -0.2) is 16.5 Å². The summed E-state index contributed by atoms with van der Waals surface area (Å²) in [6, 6.07) is 1.53. The van der Waals surface area contributed by atoms with Crippen LogP contribution in [0.1, 0.15) is 30.3 Å². The summed E-state index contributed by atoms with van der Waals surface area (Å²) < 4.78 is 0. The third kappa shape index (κ3) is 1.95. The number of H-pyrrole nitrogens is 1. The van der Waals surface area contributed by atoms with Gasteiger partial charge in [-0.15, -0.1) is 0 Å². The van der Waals surface area contributed by atoms with Crippen molar-refractivity contribution in [2.75, 3.05) is 6.54 Å². The second-order valence-corrected chi connectivity index (χ2v) is 3.43. The number of nitrogens with zero attached hydrogens (tertiary/aromatic N) is 1. The number of aromatic nitrogens is 2. The Balaban J connectivity index is 2.30. The molecule has 1 aromatic rings. The molecule has 4 heteroatoms. The van der Waals surface area contributed by atoms with Crippen molar-refractivity contribution in [3.63, 3.8) is 0 Å². The highest BCUT2D eigenvalue weighted by molar-refractivity contribution is 5.10. The molecule has 1 aromatic heterocycles. The fourth-order valence-electron chi connectivity index (χ4n) is 1.35. The summed E-state index contributed by atoms with van der Waals surface area (Å²) in [7, 11) is 0. The van der Waals surface area contributed by atoms with E-state index in [0.717, 1.165) is 24.4 Å². The Kier molecular flexibility index (Phi) is 2.14. The van der Waals surface area contributed by atoms with Gasteiger partial charge in [-0.25, -0.2) is 4.98 Å². The summed E-state index contributed by atoms with van der Waals surface area (Å²) in [5, 5.41) is 0. The smallest absolute Gasteiger partial charge is 0.251 e. The van der Waals surface area contributed by atoms with E-state index in [0.29, 0.717) is 18.9 Å². The number of rotatable bonds is 3. The lowest BCUT2D eigenvalue weighted by Gasteiger charge is -2.00. The van der Waals surface area contributed by atoms with Gasteiger partial charge < -0.3 is 10.7 Å². The predicted octanol–water partition coefficient (Wildman–Crippen LogP) is 0.148. The fraction of sp³-hybridized carbons (Fsp3) is 0.556. The predicted molar refractivity (Wildman–Crippen MR) is 49.6 cm³/mol. The molecule has 0 unspecified atom stereocenters. The molecule has 3 N–H and O–H groups in total. The minimum atomic E-state index is -0.0552. The average Bonchev–Trinajstić information content (AvgIpc) is 2.85. The van der Waals surface area contributed by atoms with Crippen LogP contribution in [0.25, 0.3) is 0 Å². The van der Waals surface area contributed by atoms with Crippen molar-refractivity contribution >= 4 is 0 Å². The molecule has 0 bridgehead atoms. The van der Waals surface area contributed by atoms with Crippen molar-refractivity contribution in [3.8, 4) is 0 Å². The highest BCUT2D eigenvalue weighted by Crippen LogP contribution is 2.37. The first-order chi connectivity index (χ1) is 6.29. The van der Waals surface area contributed by atoms with Gasteiger partial charge in [0.15, 0.2) is 0 Å². The van der Waals surface area contributed by atoms with E-state index in [-0.39, 0.29) is 5.56 Å². The molecule has 1 saturated carbocycles. The quantitative estimate of drug-likeness (QED) is 0.693. The third-order valence-corrected chi connectivity index (χ3v) is 2.18. The normalized spacial score (nSPS) is 16.1. The molecule has 2 rings (SSSR count). The number of nitrogens with one attached hydrogen (secondary N) is 1. The Morgan fingerprint density at radius 3 is 3.00 bits per heavy atom.